The highest BCUT2D eigenvalue weighted by atomic mass is 32.2. The Labute approximate surface area is 131 Å². The van der Waals surface area contributed by atoms with E-state index in [2.05, 4.69) is 47.7 Å². The summed E-state index contributed by atoms with van der Waals surface area (Å²) in [5.41, 5.74) is 2.24. The maximum Gasteiger partial charge on any atom is 0.244 e. The van der Waals surface area contributed by atoms with E-state index in [4.69, 9.17) is 0 Å². The van der Waals surface area contributed by atoms with Crippen LogP contribution in [0.4, 0.5) is 0 Å². The van der Waals surface area contributed by atoms with Crippen LogP contribution in [0.1, 0.15) is 43.0 Å². The molecular weight excluding hydrogens is 280 g/mol. The van der Waals surface area contributed by atoms with Crippen molar-refractivity contribution in [3.63, 3.8) is 0 Å². The van der Waals surface area contributed by atoms with Gasteiger partial charge < -0.3 is 4.90 Å². The minimum absolute atomic E-state index is 0.0647. The van der Waals surface area contributed by atoms with E-state index in [9.17, 15) is 4.79 Å². The van der Waals surface area contributed by atoms with Crippen LogP contribution in [0.15, 0.2) is 24.3 Å². The molecule has 1 spiro atoms. The molecule has 3 nitrogen and oxygen atoms in total. The highest BCUT2D eigenvalue weighted by molar-refractivity contribution is 7.98. The smallest absolute Gasteiger partial charge is 0.244 e. The zero-order valence-electron chi connectivity index (χ0n) is 12.9. The lowest BCUT2D eigenvalue weighted by atomic mass is 10.1. The molecule has 0 bridgehead atoms. The third-order valence-electron chi connectivity index (χ3n) is 4.54. The summed E-state index contributed by atoms with van der Waals surface area (Å²) >= 11 is 1.88. The van der Waals surface area contributed by atoms with Crippen LogP contribution in [0.2, 0.25) is 0 Å². The van der Waals surface area contributed by atoms with Crippen LogP contribution < -0.4 is 5.32 Å². The molecule has 3 rings (SSSR count). The number of hydrogen-bond acceptors (Lipinski definition) is 3. The molecule has 1 saturated heterocycles. The predicted molar refractivity (Wildman–Crippen MR) is 88.3 cm³/mol. The van der Waals surface area contributed by atoms with Crippen LogP contribution in [0.25, 0.3) is 0 Å². The molecule has 1 N–H and O–H groups in total. The van der Waals surface area contributed by atoms with Crippen molar-refractivity contribution in [3.8, 4) is 0 Å². The van der Waals surface area contributed by atoms with Crippen LogP contribution in [0, 0.1) is 6.92 Å². The quantitative estimate of drug-likeness (QED) is 0.820. The first-order valence-electron chi connectivity index (χ1n) is 7.80. The summed E-state index contributed by atoms with van der Waals surface area (Å²) in [5.74, 6) is 1.49. The Hall–Kier alpha value is -1.00. The van der Waals surface area contributed by atoms with E-state index in [-0.39, 0.29) is 11.7 Å². The SMILES string of the molecule is CSCCCCN1C(=O)C2(CC2)NC1c1ccc(C)cc1. The van der Waals surface area contributed by atoms with Gasteiger partial charge in [0.05, 0.1) is 0 Å². The highest BCUT2D eigenvalue weighted by Crippen LogP contribution is 2.45. The number of unbranched alkanes of at least 4 members (excludes halogenated alkanes) is 1. The molecule has 1 aliphatic carbocycles. The molecule has 1 aromatic rings. The lowest BCUT2D eigenvalue weighted by Crippen LogP contribution is -2.33. The number of aryl methyl sites for hydroxylation is 1. The summed E-state index contributed by atoms with van der Waals surface area (Å²) in [5, 5.41) is 3.59. The van der Waals surface area contributed by atoms with Crippen molar-refractivity contribution in [2.45, 2.75) is 44.3 Å². The molecule has 1 unspecified atom stereocenters. The van der Waals surface area contributed by atoms with Crippen LogP contribution in [-0.2, 0) is 4.79 Å². The number of amides is 1. The standard InChI is InChI=1S/C17H24N2OS/c1-13-5-7-14(8-6-13)15-18-17(9-10-17)16(20)19(15)11-3-4-12-21-2/h5-8,15,18H,3-4,9-12H2,1-2H3. The third kappa shape index (κ3) is 2.97. The van der Waals surface area contributed by atoms with E-state index in [1.807, 2.05) is 11.8 Å². The van der Waals surface area contributed by atoms with Crippen LogP contribution in [0.5, 0.6) is 0 Å². The Kier molecular flexibility index (Phi) is 4.27. The Morgan fingerprint density at radius 2 is 2.00 bits per heavy atom. The van der Waals surface area contributed by atoms with Gasteiger partial charge in [-0.3, -0.25) is 10.1 Å². The Morgan fingerprint density at radius 1 is 1.29 bits per heavy atom. The lowest BCUT2D eigenvalue weighted by molar-refractivity contribution is -0.130. The maximum absolute atomic E-state index is 12.7. The molecule has 21 heavy (non-hydrogen) atoms. The maximum atomic E-state index is 12.7. The fourth-order valence-electron chi connectivity index (χ4n) is 3.05. The van der Waals surface area contributed by atoms with Crippen molar-refractivity contribution in [3.05, 3.63) is 35.4 Å². The number of thioether (sulfide) groups is 1. The van der Waals surface area contributed by atoms with Crippen molar-refractivity contribution in [1.82, 2.24) is 10.2 Å². The van der Waals surface area contributed by atoms with E-state index in [0.717, 1.165) is 25.8 Å². The van der Waals surface area contributed by atoms with Crippen LogP contribution in [-0.4, -0.2) is 34.9 Å². The fraction of sp³-hybridized carbons (Fsp3) is 0.588. The van der Waals surface area contributed by atoms with Gasteiger partial charge in [0.25, 0.3) is 0 Å². The van der Waals surface area contributed by atoms with E-state index in [0.29, 0.717) is 5.91 Å². The van der Waals surface area contributed by atoms with Crippen molar-refractivity contribution >= 4 is 17.7 Å². The van der Waals surface area contributed by atoms with E-state index < -0.39 is 0 Å². The van der Waals surface area contributed by atoms with Gasteiger partial charge in [-0.05, 0) is 50.2 Å². The van der Waals surface area contributed by atoms with Gasteiger partial charge in [-0.25, -0.2) is 0 Å². The van der Waals surface area contributed by atoms with Crippen molar-refractivity contribution < 1.29 is 4.79 Å². The van der Waals surface area contributed by atoms with Gasteiger partial charge in [-0.2, -0.15) is 11.8 Å². The number of carbonyl (C=O) groups excluding carboxylic acids is 1. The van der Waals surface area contributed by atoms with E-state index >= 15 is 0 Å². The molecule has 1 amide bonds. The topological polar surface area (TPSA) is 32.3 Å². The number of nitrogens with zero attached hydrogens (tertiary/aromatic N) is 1. The first kappa shape index (κ1) is 14.9. The second-order valence-corrected chi connectivity index (χ2v) is 7.22. The Bertz CT molecular complexity index is 510. The number of carbonyl (C=O) groups is 1. The van der Waals surface area contributed by atoms with Gasteiger partial charge in [-0.15, -0.1) is 0 Å². The predicted octanol–water partition coefficient (Wildman–Crippen LogP) is 3.10. The minimum Gasteiger partial charge on any atom is -0.321 e. The van der Waals surface area contributed by atoms with E-state index in [1.165, 1.54) is 23.3 Å². The minimum atomic E-state index is -0.227. The van der Waals surface area contributed by atoms with E-state index in [1.54, 1.807) is 0 Å². The second kappa shape index (κ2) is 6.01. The molecule has 1 aliphatic heterocycles. The molecule has 1 atom stereocenters. The molecule has 0 radical (unpaired) electrons. The van der Waals surface area contributed by atoms with Gasteiger partial charge in [-0.1, -0.05) is 29.8 Å². The van der Waals surface area contributed by atoms with Crippen LogP contribution in [0.3, 0.4) is 0 Å². The summed E-state index contributed by atoms with van der Waals surface area (Å²) in [6, 6.07) is 8.56. The highest BCUT2D eigenvalue weighted by Gasteiger charge is 2.59. The first-order chi connectivity index (χ1) is 10.2. The van der Waals surface area contributed by atoms with Crippen LogP contribution >= 0.6 is 11.8 Å². The van der Waals surface area contributed by atoms with Gasteiger partial charge in [0.15, 0.2) is 0 Å². The molecule has 4 heteroatoms. The summed E-state index contributed by atoms with van der Waals surface area (Å²) in [6.45, 7) is 2.96. The van der Waals surface area contributed by atoms with Gasteiger partial charge >= 0.3 is 0 Å². The molecule has 1 aromatic carbocycles. The van der Waals surface area contributed by atoms with Gasteiger partial charge in [0, 0.05) is 6.54 Å². The summed E-state index contributed by atoms with van der Waals surface area (Å²) in [4.78, 5) is 14.7. The Balaban J connectivity index is 1.73. The lowest BCUT2D eigenvalue weighted by Gasteiger charge is -2.24. The molecule has 0 aromatic heterocycles. The largest absolute Gasteiger partial charge is 0.321 e. The summed E-state index contributed by atoms with van der Waals surface area (Å²) in [6.07, 6.45) is 6.46. The zero-order chi connectivity index (χ0) is 14.9. The molecule has 114 valence electrons. The average Bonchev–Trinajstić information content (AvgIpc) is 3.21. The van der Waals surface area contributed by atoms with Gasteiger partial charge in [0.2, 0.25) is 5.91 Å². The monoisotopic (exact) mass is 304 g/mol. The normalized spacial score (nSPS) is 23.0. The molecule has 2 fully saturated rings. The fourth-order valence-corrected chi connectivity index (χ4v) is 3.54. The third-order valence-corrected chi connectivity index (χ3v) is 5.23. The van der Waals surface area contributed by atoms with Crippen molar-refractivity contribution in [1.29, 1.82) is 0 Å². The summed E-state index contributed by atoms with van der Waals surface area (Å²) < 4.78 is 0. The number of benzene rings is 1. The number of hydrogen-bond donors (Lipinski definition) is 1. The Morgan fingerprint density at radius 3 is 2.62 bits per heavy atom. The van der Waals surface area contributed by atoms with Crippen molar-refractivity contribution in [2.24, 2.45) is 0 Å². The summed E-state index contributed by atoms with van der Waals surface area (Å²) in [7, 11) is 0. The zero-order valence-corrected chi connectivity index (χ0v) is 13.7. The molecule has 1 saturated carbocycles. The molecule has 1 heterocycles. The first-order valence-corrected chi connectivity index (χ1v) is 9.20. The molecular formula is C17H24N2OS. The number of nitrogens with one attached hydrogen (secondary N) is 1. The number of rotatable bonds is 6. The molecule has 2 aliphatic rings. The average molecular weight is 304 g/mol. The van der Waals surface area contributed by atoms with Crippen molar-refractivity contribution in [2.75, 3.05) is 18.6 Å². The second-order valence-electron chi connectivity index (χ2n) is 6.24. The van der Waals surface area contributed by atoms with Gasteiger partial charge in [0.1, 0.15) is 11.7 Å².